The zero-order valence-electron chi connectivity index (χ0n) is 14.1. The van der Waals surface area contributed by atoms with Gasteiger partial charge in [-0.3, -0.25) is 0 Å². The van der Waals surface area contributed by atoms with Crippen molar-refractivity contribution in [2.75, 3.05) is 36.0 Å². The van der Waals surface area contributed by atoms with Gasteiger partial charge in [0.05, 0.1) is 5.69 Å². The van der Waals surface area contributed by atoms with Crippen molar-refractivity contribution in [3.63, 3.8) is 0 Å². The Bertz CT molecular complexity index is 1000. The summed E-state index contributed by atoms with van der Waals surface area (Å²) in [6, 6.07) is 12.3. The van der Waals surface area contributed by atoms with Crippen LogP contribution in [0.1, 0.15) is 0 Å². The first-order chi connectivity index (χ1) is 12.9. The standard InChI is InChI=1S/C18H17N7S/c1-2-4-14(5-3-1)15-12-16(25-17(22-15)20-13-21-25)23-7-9-24(10-8-23)18-19-6-11-26-18/h1-6,11-13H,7-10H2. The molecule has 26 heavy (non-hydrogen) atoms. The molecule has 5 rings (SSSR count). The molecule has 7 nitrogen and oxygen atoms in total. The van der Waals surface area contributed by atoms with E-state index in [2.05, 4.69) is 48.0 Å². The number of anilines is 2. The van der Waals surface area contributed by atoms with Crippen molar-refractivity contribution in [2.24, 2.45) is 0 Å². The molecule has 0 bridgehead atoms. The summed E-state index contributed by atoms with van der Waals surface area (Å²) in [7, 11) is 0. The fourth-order valence-electron chi connectivity index (χ4n) is 3.28. The van der Waals surface area contributed by atoms with Crippen molar-refractivity contribution in [3.05, 3.63) is 54.3 Å². The van der Waals surface area contributed by atoms with E-state index in [-0.39, 0.29) is 0 Å². The van der Waals surface area contributed by atoms with Gasteiger partial charge in [0.2, 0.25) is 0 Å². The predicted molar refractivity (Wildman–Crippen MR) is 103 cm³/mol. The molecule has 0 radical (unpaired) electrons. The summed E-state index contributed by atoms with van der Waals surface area (Å²) in [5.41, 5.74) is 2.00. The van der Waals surface area contributed by atoms with E-state index >= 15 is 0 Å². The van der Waals surface area contributed by atoms with Gasteiger partial charge in [0.1, 0.15) is 12.1 Å². The number of nitrogens with zero attached hydrogens (tertiary/aromatic N) is 7. The molecule has 3 aromatic heterocycles. The molecule has 0 N–H and O–H groups in total. The molecule has 1 aromatic carbocycles. The fraction of sp³-hybridized carbons (Fsp3) is 0.222. The lowest BCUT2D eigenvalue weighted by atomic mass is 10.1. The van der Waals surface area contributed by atoms with E-state index in [1.54, 1.807) is 17.7 Å². The highest BCUT2D eigenvalue weighted by Gasteiger charge is 2.22. The van der Waals surface area contributed by atoms with E-state index in [0.717, 1.165) is 48.4 Å². The zero-order valence-corrected chi connectivity index (χ0v) is 14.9. The van der Waals surface area contributed by atoms with E-state index in [4.69, 9.17) is 0 Å². The van der Waals surface area contributed by atoms with Crippen LogP contribution in [-0.2, 0) is 0 Å². The summed E-state index contributed by atoms with van der Waals surface area (Å²) >= 11 is 1.69. The first-order valence-corrected chi connectivity index (χ1v) is 9.42. The van der Waals surface area contributed by atoms with Crippen molar-refractivity contribution in [3.8, 4) is 11.3 Å². The molecule has 0 aliphatic carbocycles. The normalized spacial score (nSPS) is 14.9. The lowest BCUT2D eigenvalue weighted by Crippen LogP contribution is -2.47. The molecule has 0 saturated carbocycles. The maximum Gasteiger partial charge on any atom is 0.254 e. The summed E-state index contributed by atoms with van der Waals surface area (Å²) in [6.07, 6.45) is 3.42. The molecule has 1 fully saturated rings. The van der Waals surface area contributed by atoms with Gasteiger partial charge in [-0.1, -0.05) is 30.3 Å². The molecule has 0 amide bonds. The smallest absolute Gasteiger partial charge is 0.254 e. The van der Waals surface area contributed by atoms with Crippen LogP contribution in [0.4, 0.5) is 10.9 Å². The Labute approximate surface area is 154 Å². The molecule has 1 saturated heterocycles. The molecular weight excluding hydrogens is 346 g/mol. The first kappa shape index (κ1) is 15.3. The molecule has 8 heteroatoms. The minimum absolute atomic E-state index is 0.628. The Balaban J connectivity index is 1.48. The van der Waals surface area contributed by atoms with Crippen molar-refractivity contribution in [1.82, 2.24) is 24.6 Å². The minimum atomic E-state index is 0.628. The van der Waals surface area contributed by atoms with E-state index in [1.165, 1.54) is 0 Å². The highest BCUT2D eigenvalue weighted by atomic mass is 32.1. The van der Waals surface area contributed by atoms with Crippen molar-refractivity contribution in [1.29, 1.82) is 0 Å². The monoisotopic (exact) mass is 363 g/mol. The second-order valence-corrected chi connectivity index (χ2v) is 7.00. The molecule has 0 atom stereocenters. The van der Waals surface area contributed by atoms with Gasteiger partial charge in [0.25, 0.3) is 5.78 Å². The van der Waals surface area contributed by atoms with Gasteiger partial charge < -0.3 is 9.80 Å². The predicted octanol–water partition coefficient (Wildman–Crippen LogP) is 2.57. The Morgan fingerprint density at radius 3 is 2.50 bits per heavy atom. The second-order valence-electron chi connectivity index (χ2n) is 6.13. The highest BCUT2D eigenvalue weighted by molar-refractivity contribution is 7.13. The molecule has 0 spiro atoms. The number of hydrogen-bond acceptors (Lipinski definition) is 7. The van der Waals surface area contributed by atoms with Gasteiger partial charge >= 0.3 is 0 Å². The number of fused-ring (bicyclic) bond motifs is 1. The molecule has 130 valence electrons. The number of benzene rings is 1. The average molecular weight is 363 g/mol. The van der Waals surface area contributed by atoms with Gasteiger partial charge in [-0.15, -0.1) is 11.3 Å². The topological polar surface area (TPSA) is 62.5 Å². The number of hydrogen-bond donors (Lipinski definition) is 0. The van der Waals surface area contributed by atoms with Gasteiger partial charge in [0, 0.05) is 49.4 Å². The Morgan fingerprint density at radius 2 is 1.73 bits per heavy atom. The van der Waals surface area contributed by atoms with Crippen LogP contribution in [-0.4, -0.2) is 50.7 Å². The third-order valence-corrected chi connectivity index (χ3v) is 5.43. The number of thiazole rings is 1. The number of piperazine rings is 1. The van der Waals surface area contributed by atoms with Gasteiger partial charge in [-0.2, -0.15) is 14.6 Å². The van der Waals surface area contributed by atoms with Crippen LogP contribution in [0.25, 0.3) is 17.0 Å². The lowest BCUT2D eigenvalue weighted by Gasteiger charge is -2.35. The SMILES string of the molecule is c1ccc(-c2cc(N3CCN(c4nccs4)CC3)n3ncnc3n2)cc1. The van der Waals surface area contributed by atoms with Crippen LogP contribution in [0.5, 0.6) is 0 Å². The lowest BCUT2D eigenvalue weighted by molar-refractivity contribution is 0.638. The van der Waals surface area contributed by atoms with Crippen LogP contribution in [0.15, 0.2) is 54.3 Å². The van der Waals surface area contributed by atoms with E-state index in [0.29, 0.717) is 5.78 Å². The van der Waals surface area contributed by atoms with Gasteiger partial charge in [-0.25, -0.2) is 9.97 Å². The summed E-state index contributed by atoms with van der Waals surface area (Å²) in [6.45, 7) is 3.69. The quantitative estimate of drug-likeness (QED) is 0.557. The fourth-order valence-corrected chi connectivity index (χ4v) is 3.97. The molecule has 4 heterocycles. The van der Waals surface area contributed by atoms with Crippen molar-refractivity contribution in [2.45, 2.75) is 0 Å². The summed E-state index contributed by atoms with van der Waals surface area (Å²) in [5.74, 6) is 1.66. The summed E-state index contributed by atoms with van der Waals surface area (Å²) in [4.78, 5) is 18.1. The van der Waals surface area contributed by atoms with Crippen molar-refractivity contribution >= 4 is 28.1 Å². The maximum atomic E-state index is 4.66. The third-order valence-electron chi connectivity index (χ3n) is 4.60. The van der Waals surface area contributed by atoms with Gasteiger partial charge in [-0.05, 0) is 0 Å². The summed E-state index contributed by atoms with van der Waals surface area (Å²) in [5, 5.41) is 7.49. The maximum absolute atomic E-state index is 4.66. The summed E-state index contributed by atoms with van der Waals surface area (Å²) < 4.78 is 1.82. The Hall–Kier alpha value is -3.00. The Kier molecular flexibility index (Phi) is 3.75. The van der Waals surface area contributed by atoms with Crippen LogP contribution >= 0.6 is 11.3 Å². The molecule has 1 aliphatic rings. The van der Waals surface area contributed by atoms with Crippen LogP contribution in [0.2, 0.25) is 0 Å². The molecule has 4 aromatic rings. The first-order valence-electron chi connectivity index (χ1n) is 8.54. The molecular formula is C18H17N7S. The zero-order chi connectivity index (χ0) is 17.3. The highest BCUT2D eigenvalue weighted by Crippen LogP contribution is 2.26. The van der Waals surface area contributed by atoms with Crippen LogP contribution in [0, 0.1) is 0 Å². The number of aromatic nitrogens is 5. The molecule has 0 unspecified atom stereocenters. The van der Waals surface area contributed by atoms with E-state index in [9.17, 15) is 0 Å². The van der Waals surface area contributed by atoms with E-state index < -0.39 is 0 Å². The number of rotatable bonds is 3. The molecule has 1 aliphatic heterocycles. The van der Waals surface area contributed by atoms with E-state index in [1.807, 2.05) is 34.3 Å². The minimum Gasteiger partial charge on any atom is -0.353 e. The van der Waals surface area contributed by atoms with Crippen molar-refractivity contribution < 1.29 is 0 Å². The van der Waals surface area contributed by atoms with Crippen LogP contribution < -0.4 is 9.80 Å². The van der Waals surface area contributed by atoms with Gasteiger partial charge in [0.15, 0.2) is 5.13 Å². The van der Waals surface area contributed by atoms with Crippen LogP contribution in [0.3, 0.4) is 0 Å². The third kappa shape index (κ3) is 2.68. The Morgan fingerprint density at radius 1 is 0.923 bits per heavy atom. The second kappa shape index (κ2) is 6.38. The largest absolute Gasteiger partial charge is 0.353 e. The average Bonchev–Trinajstić information content (AvgIpc) is 3.40.